The van der Waals surface area contributed by atoms with Gasteiger partial charge in [0.1, 0.15) is 12.4 Å². The van der Waals surface area contributed by atoms with Crippen molar-refractivity contribution in [1.82, 2.24) is 18.7 Å². The van der Waals surface area contributed by atoms with Crippen LogP contribution in [0.15, 0.2) is 52.1 Å². The van der Waals surface area contributed by atoms with Crippen LogP contribution in [0.3, 0.4) is 0 Å². The third-order valence-electron chi connectivity index (χ3n) is 6.30. The number of hydrogen-bond donors (Lipinski definition) is 0. The van der Waals surface area contributed by atoms with Crippen LogP contribution in [0.4, 0.5) is 0 Å². The van der Waals surface area contributed by atoms with Gasteiger partial charge in [-0.25, -0.2) is 9.78 Å². The maximum absolute atomic E-state index is 13.2. The summed E-state index contributed by atoms with van der Waals surface area (Å²) in [5.41, 5.74) is 1.99. The van der Waals surface area contributed by atoms with E-state index < -0.39 is 0 Å². The first kappa shape index (κ1) is 26.8. The van der Waals surface area contributed by atoms with E-state index in [1.165, 1.54) is 4.57 Å². The van der Waals surface area contributed by atoms with E-state index in [4.69, 9.17) is 14.2 Å². The Morgan fingerprint density at radius 1 is 0.895 bits per heavy atom. The van der Waals surface area contributed by atoms with Gasteiger partial charge in [0.2, 0.25) is 5.75 Å². The van der Waals surface area contributed by atoms with Gasteiger partial charge < -0.3 is 18.8 Å². The molecular weight excluding hydrogens is 484 g/mol. The molecule has 2 aromatic heterocycles. The minimum atomic E-state index is -0.322. The molecule has 0 saturated heterocycles. The van der Waals surface area contributed by atoms with E-state index >= 15 is 0 Å². The van der Waals surface area contributed by atoms with Crippen molar-refractivity contribution in [2.45, 2.75) is 46.4 Å². The average molecular weight is 519 g/mol. The molecule has 0 radical (unpaired) electrons. The van der Waals surface area contributed by atoms with Crippen LogP contribution in [0.1, 0.15) is 43.6 Å². The number of fused-ring (bicyclic) bond motifs is 1. The van der Waals surface area contributed by atoms with Crippen LogP contribution in [0.2, 0.25) is 0 Å². The Kier molecular flexibility index (Phi) is 8.35. The number of hydrogen-bond acceptors (Lipinski definition) is 6. The highest BCUT2D eigenvalue weighted by atomic mass is 16.5. The van der Waals surface area contributed by atoms with Crippen molar-refractivity contribution in [3.8, 4) is 17.2 Å². The highest BCUT2D eigenvalue weighted by molar-refractivity contribution is 5.77. The molecule has 0 saturated carbocycles. The summed E-state index contributed by atoms with van der Waals surface area (Å²) in [6.07, 6.45) is 5.11. The first-order chi connectivity index (χ1) is 18.4. The predicted octanol–water partition coefficient (Wildman–Crippen LogP) is 4.48. The molecule has 0 aliphatic carbocycles. The second-order valence-corrected chi connectivity index (χ2v) is 8.95. The standard InChI is InChI=1S/C29H34N4O5/c1-6-15-32-27-25(28(34)33(16-7-2)29(32)35)31(3)24(30-27)14-13-21-17-22(36-4)26(23(18-21)37-5)38-19-20-11-9-8-10-12-20/h8-14,17-18H,6-7,15-16,19H2,1-5H3. The highest BCUT2D eigenvalue weighted by Gasteiger charge is 2.19. The van der Waals surface area contributed by atoms with Crippen molar-refractivity contribution in [2.75, 3.05) is 14.2 Å². The molecule has 38 heavy (non-hydrogen) atoms. The summed E-state index contributed by atoms with van der Waals surface area (Å²) in [7, 11) is 4.95. The molecule has 0 unspecified atom stereocenters. The van der Waals surface area contributed by atoms with Crippen LogP contribution in [0, 0.1) is 0 Å². The number of ether oxygens (including phenoxy) is 3. The lowest BCUT2D eigenvalue weighted by atomic mass is 10.1. The normalized spacial score (nSPS) is 11.4. The molecule has 0 spiro atoms. The maximum Gasteiger partial charge on any atom is 0.332 e. The Morgan fingerprint density at radius 3 is 2.13 bits per heavy atom. The molecule has 2 heterocycles. The van der Waals surface area contributed by atoms with E-state index in [0.717, 1.165) is 17.5 Å². The molecule has 200 valence electrons. The molecular formula is C29H34N4O5. The van der Waals surface area contributed by atoms with Crippen molar-refractivity contribution in [2.24, 2.45) is 7.05 Å². The summed E-state index contributed by atoms with van der Waals surface area (Å²) in [5.74, 6) is 2.13. The highest BCUT2D eigenvalue weighted by Crippen LogP contribution is 2.39. The first-order valence-corrected chi connectivity index (χ1v) is 12.7. The molecule has 4 aromatic rings. The molecule has 0 N–H and O–H groups in total. The monoisotopic (exact) mass is 518 g/mol. The molecule has 4 rings (SSSR count). The van der Waals surface area contributed by atoms with Crippen molar-refractivity contribution in [3.05, 3.63) is 80.3 Å². The van der Waals surface area contributed by atoms with E-state index in [1.807, 2.05) is 68.5 Å². The van der Waals surface area contributed by atoms with Gasteiger partial charge in [0.25, 0.3) is 5.56 Å². The third-order valence-corrected chi connectivity index (χ3v) is 6.30. The summed E-state index contributed by atoms with van der Waals surface area (Å²) in [5, 5.41) is 0. The number of imidazole rings is 1. The molecule has 9 heteroatoms. The van der Waals surface area contributed by atoms with E-state index in [0.29, 0.717) is 60.4 Å². The largest absolute Gasteiger partial charge is 0.493 e. The fourth-order valence-corrected chi connectivity index (χ4v) is 4.41. The van der Waals surface area contributed by atoms with Gasteiger partial charge in [0.15, 0.2) is 22.7 Å². The van der Waals surface area contributed by atoms with Gasteiger partial charge >= 0.3 is 5.69 Å². The summed E-state index contributed by atoms with van der Waals surface area (Å²) in [6.45, 7) is 5.16. The Balaban J connectivity index is 1.73. The summed E-state index contributed by atoms with van der Waals surface area (Å²) in [4.78, 5) is 30.9. The van der Waals surface area contributed by atoms with Crippen molar-refractivity contribution in [1.29, 1.82) is 0 Å². The van der Waals surface area contributed by atoms with Gasteiger partial charge in [0.05, 0.1) is 14.2 Å². The maximum atomic E-state index is 13.2. The predicted molar refractivity (Wildman–Crippen MR) is 149 cm³/mol. The van der Waals surface area contributed by atoms with Gasteiger partial charge in [-0.2, -0.15) is 0 Å². The fraction of sp³-hybridized carbons (Fsp3) is 0.345. The minimum absolute atomic E-state index is 0.319. The van der Waals surface area contributed by atoms with Crippen molar-refractivity contribution in [3.63, 3.8) is 0 Å². The zero-order valence-corrected chi connectivity index (χ0v) is 22.6. The molecule has 0 amide bonds. The Labute approximate surface area is 221 Å². The molecule has 0 aliphatic rings. The van der Waals surface area contributed by atoms with E-state index in [2.05, 4.69) is 4.98 Å². The van der Waals surface area contributed by atoms with E-state index in [9.17, 15) is 9.59 Å². The molecule has 9 nitrogen and oxygen atoms in total. The van der Waals surface area contributed by atoms with Crippen LogP contribution >= 0.6 is 0 Å². The third kappa shape index (κ3) is 5.22. The summed E-state index contributed by atoms with van der Waals surface area (Å²) < 4.78 is 21.9. The fourth-order valence-electron chi connectivity index (χ4n) is 4.41. The van der Waals surface area contributed by atoms with Gasteiger partial charge in [0, 0.05) is 20.1 Å². The molecule has 0 atom stereocenters. The van der Waals surface area contributed by atoms with Gasteiger partial charge in [-0.15, -0.1) is 0 Å². The Bertz CT molecular complexity index is 1540. The molecule has 2 aromatic carbocycles. The molecule has 0 aliphatic heterocycles. The second kappa shape index (κ2) is 11.9. The Hall–Kier alpha value is -4.27. The lowest BCUT2D eigenvalue weighted by molar-refractivity contribution is 0.266. The van der Waals surface area contributed by atoms with Gasteiger partial charge in [-0.1, -0.05) is 50.3 Å². The number of methoxy groups -OCH3 is 2. The minimum Gasteiger partial charge on any atom is -0.493 e. The Morgan fingerprint density at radius 2 is 1.53 bits per heavy atom. The average Bonchev–Trinajstić information content (AvgIpc) is 3.27. The quantitative estimate of drug-likeness (QED) is 0.291. The van der Waals surface area contributed by atoms with Crippen molar-refractivity contribution < 1.29 is 14.2 Å². The second-order valence-electron chi connectivity index (χ2n) is 8.95. The van der Waals surface area contributed by atoms with Crippen LogP contribution in [0.5, 0.6) is 17.2 Å². The zero-order valence-electron chi connectivity index (χ0n) is 22.6. The summed E-state index contributed by atoms with van der Waals surface area (Å²) in [6, 6.07) is 13.6. The zero-order chi connectivity index (χ0) is 27.2. The first-order valence-electron chi connectivity index (χ1n) is 12.7. The topological polar surface area (TPSA) is 89.5 Å². The SMILES string of the molecule is CCCn1c(=O)c2c(nc(C=Cc3cc(OC)c(OCc4ccccc4)c(OC)c3)n2C)n(CCC)c1=O. The molecule has 0 fully saturated rings. The van der Waals surface area contributed by atoms with Crippen LogP contribution in [-0.4, -0.2) is 32.9 Å². The summed E-state index contributed by atoms with van der Waals surface area (Å²) >= 11 is 0. The van der Waals surface area contributed by atoms with E-state index in [1.54, 1.807) is 30.4 Å². The van der Waals surface area contributed by atoms with Gasteiger partial charge in [-0.05, 0) is 42.2 Å². The number of rotatable bonds is 11. The van der Waals surface area contributed by atoms with Crippen molar-refractivity contribution >= 4 is 23.3 Å². The van der Waals surface area contributed by atoms with E-state index in [-0.39, 0.29) is 11.2 Å². The smallest absolute Gasteiger partial charge is 0.332 e. The molecule has 0 bridgehead atoms. The lowest BCUT2D eigenvalue weighted by Gasteiger charge is -2.15. The number of nitrogens with zero attached hydrogens (tertiary/aromatic N) is 4. The number of benzene rings is 2. The van der Waals surface area contributed by atoms with Crippen LogP contribution < -0.4 is 25.5 Å². The van der Waals surface area contributed by atoms with Crippen LogP contribution in [0.25, 0.3) is 23.3 Å². The number of aryl methyl sites for hydroxylation is 2. The van der Waals surface area contributed by atoms with Gasteiger partial charge in [-0.3, -0.25) is 13.9 Å². The van der Waals surface area contributed by atoms with Crippen LogP contribution in [-0.2, 0) is 26.7 Å². The lowest BCUT2D eigenvalue weighted by Crippen LogP contribution is -2.40. The number of aromatic nitrogens is 4.